The Labute approximate surface area is 236 Å². The molecule has 3 aromatic rings. The predicted molar refractivity (Wildman–Crippen MR) is 158 cm³/mol. The lowest BCUT2D eigenvalue weighted by Crippen LogP contribution is -2.40. The van der Waals surface area contributed by atoms with E-state index in [9.17, 15) is 9.59 Å². The Morgan fingerprint density at radius 2 is 1.62 bits per heavy atom. The maximum Gasteiger partial charge on any atom is 0.349 e. The van der Waals surface area contributed by atoms with Crippen molar-refractivity contribution in [2.75, 3.05) is 26.0 Å². The first-order valence-corrected chi connectivity index (χ1v) is 14.8. The number of carbonyl (C=O) groups is 2. The molecule has 4 rings (SSSR count). The quantitative estimate of drug-likeness (QED) is 0.158. The number of esters is 1. The number of benzene rings is 3. The molecule has 206 valence electrons. The number of Topliss-reactive ketones (excluding diaryl/α,β-unsaturated/α-hetero) is 1. The van der Waals surface area contributed by atoms with Crippen molar-refractivity contribution in [3.8, 4) is 5.75 Å². The van der Waals surface area contributed by atoms with Crippen molar-refractivity contribution in [1.82, 2.24) is 4.90 Å². The van der Waals surface area contributed by atoms with Crippen LogP contribution in [0.3, 0.4) is 0 Å². The van der Waals surface area contributed by atoms with Crippen LogP contribution in [0.25, 0.3) is 0 Å². The van der Waals surface area contributed by atoms with Crippen LogP contribution in [0, 0.1) is 19.8 Å². The Bertz CT molecular complexity index is 1280. The summed E-state index contributed by atoms with van der Waals surface area (Å²) in [4.78, 5) is 29.9. The van der Waals surface area contributed by atoms with Gasteiger partial charge in [0.15, 0.2) is 11.4 Å². The first-order valence-electron chi connectivity index (χ1n) is 13.5. The maximum absolute atomic E-state index is 13.9. The van der Waals surface area contributed by atoms with Gasteiger partial charge >= 0.3 is 5.97 Å². The predicted octanol–water partition coefficient (Wildman–Crippen LogP) is 6.84. The minimum atomic E-state index is -1.10. The monoisotopic (exact) mass is 545 g/mol. The molecule has 1 saturated heterocycles. The van der Waals surface area contributed by atoms with Gasteiger partial charge in [0.2, 0.25) is 0 Å². The lowest BCUT2D eigenvalue weighted by Gasteiger charge is -2.27. The largest absolute Gasteiger partial charge is 0.476 e. The van der Waals surface area contributed by atoms with Crippen molar-refractivity contribution in [3.63, 3.8) is 0 Å². The third-order valence-corrected chi connectivity index (χ3v) is 8.13. The summed E-state index contributed by atoms with van der Waals surface area (Å²) in [6, 6.07) is 22.6. The number of ether oxygens (including phenoxy) is 2. The van der Waals surface area contributed by atoms with E-state index in [2.05, 4.69) is 41.3 Å². The van der Waals surface area contributed by atoms with E-state index in [1.807, 2.05) is 50.4 Å². The average molecular weight is 546 g/mol. The van der Waals surface area contributed by atoms with Gasteiger partial charge < -0.3 is 9.47 Å². The number of hydrogen-bond acceptors (Lipinski definition) is 6. The molecule has 0 radical (unpaired) electrons. The molecule has 0 aliphatic carbocycles. The molecule has 0 spiro atoms. The van der Waals surface area contributed by atoms with E-state index in [-0.39, 0.29) is 17.6 Å². The summed E-state index contributed by atoms with van der Waals surface area (Å²) in [6.45, 7) is 11.9. The van der Waals surface area contributed by atoms with Gasteiger partial charge in [-0.2, -0.15) is 0 Å². The second-order valence-electron chi connectivity index (χ2n) is 10.8. The van der Waals surface area contributed by atoms with E-state index in [1.165, 1.54) is 5.56 Å². The van der Waals surface area contributed by atoms with Crippen molar-refractivity contribution < 1.29 is 19.1 Å². The summed E-state index contributed by atoms with van der Waals surface area (Å²) < 4.78 is 11.4. The summed E-state index contributed by atoms with van der Waals surface area (Å²) in [7, 11) is 0. The number of nitrogens with zero attached hydrogens (tertiary/aromatic N) is 1. The third-order valence-electron chi connectivity index (χ3n) is 7.39. The molecule has 39 heavy (non-hydrogen) atoms. The number of thioether (sulfide) groups is 1. The molecule has 3 aromatic carbocycles. The Hall–Kier alpha value is -3.09. The first-order chi connectivity index (χ1) is 18.6. The van der Waals surface area contributed by atoms with Crippen LogP contribution in [0.5, 0.6) is 5.75 Å². The highest BCUT2D eigenvalue weighted by molar-refractivity contribution is 7.98. The number of ketones is 1. The fraction of sp³-hybridized carbons (Fsp3) is 0.394. The molecule has 0 aromatic heterocycles. The van der Waals surface area contributed by atoms with Gasteiger partial charge in [-0.1, -0.05) is 54.6 Å². The van der Waals surface area contributed by atoms with Crippen LogP contribution in [-0.4, -0.2) is 48.2 Å². The zero-order valence-corrected chi connectivity index (χ0v) is 24.6. The van der Waals surface area contributed by atoms with Crippen LogP contribution in [0.1, 0.15) is 59.3 Å². The highest BCUT2D eigenvalue weighted by atomic mass is 32.2. The van der Waals surface area contributed by atoms with Gasteiger partial charge in [0.25, 0.3) is 0 Å². The standard InChI is InChI=1S/C33H39NO4S/c1-7-37-32(36)33(4,5)38-31-22(2)17-26(18-23(31)3)28-20-34(19-24-11-9-8-10-12-24)21-29(28)30(35)25-13-15-27(39-6)16-14-25/h8-18,28-29H,7,19-21H2,1-6H3/t28-,29+/m1/s1. The molecule has 0 amide bonds. The zero-order chi connectivity index (χ0) is 28.2. The highest BCUT2D eigenvalue weighted by Gasteiger charge is 2.39. The Morgan fingerprint density at radius 1 is 0.974 bits per heavy atom. The van der Waals surface area contributed by atoms with Crippen molar-refractivity contribution in [1.29, 1.82) is 0 Å². The van der Waals surface area contributed by atoms with E-state index >= 15 is 0 Å². The molecule has 2 atom stereocenters. The Balaban J connectivity index is 1.64. The molecular formula is C33H39NO4S. The summed E-state index contributed by atoms with van der Waals surface area (Å²) in [5.74, 6) is 0.369. The van der Waals surface area contributed by atoms with Crippen LogP contribution in [0.4, 0.5) is 0 Å². The average Bonchev–Trinajstić information content (AvgIpc) is 3.34. The summed E-state index contributed by atoms with van der Waals surface area (Å²) >= 11 is 1.67. The van der Waals surface area contributed by atoms with Crippen molar-refractivity contribution in [2.45, 2.75) is 57.6 Å². The van der Waals surface area contributed by atoms with Gasteiger partial charge in [-0.3, -0.25) is 9.69 Å². The van der Waals surface area contributed by atoms with E-state index < -0.39 is 11.6 Å². The third kappa shape index (κ3) is 6.74. The fourth-order valence-corrected chi connectivity index (χ4v) is 5.80. The number of carbonyl (C=O) groups excluding carboxylic acids is 2. The Kier molecular flexibility index (Phi) is 9.19. The molecule has 6 heteroatoms. The molecule has 0 bridgehead atoms. The smallest absolute Gasteiger partial charge is 0.349 e. The van der Waals surface area contributed by atoms with Gasteiger partial charge in [-0.05, 0) is 75.3 Å². The van der Waals surface area contributed by atoms with Crippen molar-refractivity contribution in [3.05, 3.63) is 94.5 Å². The number of likely N-dealkylation sites (tertiary alicyclic amines) is 1. The van der Waals surface area contributed by atoms with Crippen molar-refractivity contribution in [2.24, 2.45) is 5.92 Å². The van der Waals surface area contributed by atoms with Gasteiger partial charge in [0.05, 0.1) is 6.61 Å². The zero-order valence-electron chi connectivity index (χ0n) is 23.8. The van der Waals surface area contributed by atoms with Crippen LogP contribution in [-0.2, 0) is 16.1 Å². The van der Waals surface area contributed by atoms with E-state index in [0.29, 0.717) is 18.9 Å². The lowest BCUT2D eigenvalue weighted by molar-refractivity contribution is -0.158. The second kappa shape index (κ2) is 12.4. The van der Waals surface area contributed by atoms with Crippen molar-refractivity contribution >= 4 is 23.5 Å². The van der Waals surface area contributed by atoms with E-state index in [4.69, 9.17) is 9.47 Å². The number of rotatable bonds is 10. The van der Waals surface area contributed by atoms with Crippen LogP contribution >= 0.6 is 11.8 Å². The van der Waals surface area contributed by atoms with Crippen LogP contribution in [0.2, 0.25) is 0 Å². The molecule has 5 nitrogen and oxygen atoms in total. The summed E-state index contributed by atoms with van der Waals surface area (Å²) in [5.41, 5.74) is 3.91. The molecule has 1 aliphatic heterocycles. The molecule has 1 heterocycles. The Morgan fingerprint density at radius 3 is 2.21 bits per heavy atom. The maximum atomic E-state index is 13.9. The van der Waals surface area contributed by atoms with Gasteiger partial charge in [0.1, 0.15) is 5.75 Å². The molecule has 0 unspecified atom stereocenters. The molecule has 0 saturated carbocycles. The van der Waals surface area contributed by atoms with Crippen LogP contribution in [0.15, 0.2) is 71.6 Å². The highest BCUT2D eigenvalue weighted by Crippen LogP contribution is 2.39. The minimum absolute atomic E-state index is 0.0472. The second-order valence-corrected chi connectivity index (χ2v) is 11.7. The van der Waals surface area contributed by atoms with Crippen LogP contribution < -0.4 is 4.74 Å². The van der Waals surface area contributed by atoms with Gasteiger partial charge in [-0.25, -0.2) is 4.79 Å². The summed E-state index contributed by atoms with van der Waals surface area (Å²) in [5, 5.41) is 0. The van der Waals surface area contributed by atoms with Gasteiger partial charge in [0, 0.05) is 41.9 Å². The van der Waals surface area contributed by atoms with Gasteiger partial charge in [-0.15, -0.1) is 11.8 Å². The summed E-state index contributed by atoms with van der Waals surface area (Å²) in [6.07, 6.45) is 2.04. The lowest BCUT2D eigenvalue weighted by atomic mass is 9.82. The SMILES string of the molecule is CCOC(=O)C(C)(C)Oc1c(C)cc([C@H]2CN(Cc3ccccc3)C[C@@H]2C(=O)c2ccc(SC)cc2)cc1C. The minimum Gasteiger partial charge on any atom is -0.476 e. The topological polar surface area (TPSA) is 55.8 Å². The van der Waals surface area contributed by atoms with E-state index in [1.54, 1.807) is 32.5 Å². The molecule has 1 fully saturated rings. The van der Waals surface area contributed by atoms with E-state index in [0.717, 1.165) is 40.2 Å². The fourth-order valence-electron chi connectivity index (χ4n) is 5.39. The first kappa shape index (κ1) is 28.9. The molecule has 0 N–H and O–H groups in total. The molecule has 1 aliphatic rings. The normalized spacial score (nSPS) is 17.7. The number of hydrogen-bond donors (Lipinski definition) is 0. The number of aryl methyl sites for hydroxylation is 2. The molecular weight excluding hydrogens is 506 g/mol.